The van der Waals surface area contributed by atoms with Crippen molar-refractivity contribution in [1.29, 1.82) is 0 Å². The zero-order chi connectivity index (χ0) is 17.6. The molecule has 0 aliphatic carbocycles. The summed E-state index contributed by atoms with van der Waals surface area (Å²) in [5, 5.41) is 13.0. The van der Waals surface area contributed by atoms with E-state index in [0.717, 1.165) is 11.1 Å². The predicted molar refractivity (Wildman–Crippen MR) is 96.6 cm³/mol. The van der Waals surface area contributed by atoms with E-state index in [-0.39, 0.29) is 12.6 Å². The fourth-order valence-corrected chi connectivity index (χ4v) is 2.47. The molecular weight excluding hydrogens is 300 g/mol. The second kappa shape index (κ2) is 7.97. The maximum Gasteiger partial charge on any atom is 0.318 e. The zero-order valence-electron chi connectivity index (χ0n) is 14.6. The molecule has 0 saturated heterocycles. The molecule has 2 N–H and O–H groups in total. The Balaban J connectivity index is 2.02. The van der Waals surface area contributed by atoms with Crippen LogP contribution in [0.15, 0.2) is 54.6 Å². The van der Waals surface area contributed by atoms with E-state index in [2.05, 4.69) is 5.32 Å². The molecule has 0 fully saturated rings. The summed E-state index contributed by atoms with van der Waals surface area (Å²) in [7, 11) is 0. The number of hydrogen-bond acceptors (Lipinski definition) is 2. The summed E-state index contributed by atoms with van der Waals surface area (Å²) in [5.74, 6) is 0. The van der Waals surface area contributed by atoms with Gasteiger partial charge in [0.1, 0.15) is 0 Å². The van der Waals surface area contributed by atoms with E-state index >= 15 is 0 Å². The molecule has 0 aliphatic rings. The first-order chi connectivity index (χ1) is 11.3. The van der Waals surface area contributed by atoms with Crippen LogP contribution in [0.2, 0.25) is 0 Å². The van der Waals surface area contributed by atoms with Gasteiger partial charge in [-0.15, -0.1) is 0 Å². The quantitative estimate of drug-likeness (QED) is 0.854. The molecule has 0 saturated carbocycles. The van der Waals surface area contributed by atoms with Gasteiger partial charge in [0.25, 0.3) is 0 Å². The van der Waals surface area contributed by atoms with Gasteiger partial charge in [0.15, 0.2) is 0 Å². The molecule has 0 bridgehead atoms. The minimum atomic E-state index is -0.948. The zero-order valence-corrected chi connectivity index (χ0v) is 14.6. The highest BCUT2D eigenvalue weighted by molar-refractivity contribution is 5.74. The number of aryl methyl sites for hydroxylation is 1. The fraction of sp³-hybridized carbons (Fsp3) is 0.350. The SMILES string of the molecule is Cc1ccc(CNC(=O)N(Cc2ccccc2)CC(C)(C)O)cc1. The van der Waals surface area contributed by atoms with Crippen molar-refractivity contribution < 1.29 is 9.90 Å². The summed E-state index contributed by atoms with van der Waals surface area (Å²) < 4.78 is 0. The minimum Gasteiger partial charge on any atom is -0.389 e. The van der Waals surface area contributed by atoms with Gasteiger partial charge in [-0.3, -0.25) is 0 Å². The van der Waals surface area contributed by atoms with Crippen LogP contribution in [-0.2, 0) is 13.1 Å². The van der Waals surface area contributed by atoms with Gasteiger partial charge in [-0.2, -0.15) is 0 Å². The normalized spacial score (nSPS) is 11.2. The van der Waals surface area contributed by atoms with Gasteiger partial charge in [0, 0.05) is 13.1 Å². The van der Waals surface area contributed by atoms with Crippen LogP contribution in [0.5, 0.6) is 0 Å². The summed E-state index contributed by atoms with van der Waals surface area (Å²) >= 11 is 0. The molecule has 2 aromatic carbocycles. The number of amides is 2. The van der Waals surface area contributed by atoms with E-state index in [0.29, 0.717) is 13.1 Å². The number of rotatable bonds is 6. The van der Waals surface area contributed by atoms with Gasteiger partial charge < -0.3 is 15.3 Å². The van der Waals surface area contributed by atoms with E-state index in [1.54, 1.807) is 18.7 Å². The number of hydrogen-bond donors (Lipinski definition) is 2. The molecule has 0 unspecified atom stereocenters. The molecule has 0 radical (unpaired) electrons. The Morgan fingerprint density at radius 3 is 2.25 bits per heavy atom. The van der Waals surface area contributed by atoms with E-state index < -0.39 is 5.60 Å². The van der Waals surface area contributed by atoms with Gasteiger partial charge in [0.05, 0.1) is 12.1 Å². The van der Waals surface area contributed by atoms with Crippen LogP contribution >= 0.6 is 0 Å². The Kier molecular flexibility index (Phi) is 5.99. The maximum atomic E-state index is 12.6. The van der Waals surface area contributed by atoms with Crippen molar-refractivity contribution in [2.24, 2.45) is 0 Å². The largest absolute Gasteiger partial charge is 0.389 e. The lowest BCUT2D eigenvalue weighted by Crippen LogP contribution is -2.46. The van der Waals surface area contributed by atoms with Crippen LogP contribution in [-0.4, -0.2) is 28.2 Å². The highest BCUT2D eigenvalue weighted by atomic mass is 16.3. The molecule has 4 heteroatoms. The van der Waals surface area contributed by atoms with Crippen molar-refractivity contribution in [1.82, 2.24) is 10.2 Å². The molecule has 0 aliphatic heterocycles. The Labute approximate surface area is 144 Å². The highest BCUT2D eigenvalue weighted by Gasteiger charge is 2.22. The molecular formula is C20H26N2O2. The third kappa shape index (κ3) is 6.05. The van der Waals surface area contributed by atoms with Gasteiger partial charge >= 0.3 is 6.03 Å². The molecule has 0 atom stereocenters. The number of carbonyl (C=O) groups excluding carboxylic acids is 1. The highest BCUT2D eigenvalue weighted by Crippen LogP contribution is 2.11. The number of carbonyl (C=O) groups is 1. The van der Waals surface area contributed by atoms with Crippen LogP contribution in [0.25, 0.3) is 0 Å². The number of nitrogens with one attached hydrogen (secondary N) is 1. The smallest absolute Gasteiger partial charge is 0.318 e. The third-order valence-electron chi connectivity index (χ3n) is 3.65. The number of nitrogens with zero attached hydrogens (tertiary/aromatic N) is 1. The Morgan fingerprint density at radius 1 is 1.04 bits per heavy atom. The summed E-state index contributed by atoms with van der Waals surface area (Å²) in [5.41, 5.74) is 2.33. The lowest BCUT2D eigenvalue weighted by Gasteiger charge is -2.29. The number of aliphatic hydroxyl groups is 1. The predicted octanol–water partition coefficient (Wildman–Crippen LogP) is 3.48. The minimum absolute atomic E-state index is 0.179. The molecule has 0 aromatic heterocycles. The molecule has 2 amide bonds. The molecule has 2 rings (SSSR count). The second-order valence-corrected chi connectivity index (χ2v) is 6.80. The van der Waals surface area contributed by atoms with Crippen molar-refractivity contribution >= 4 is 6.03 Å². The van der Waals surface area contributed by atoms with Gasteiger partial charge in [-0.05, 0) is 31.9 Å². The average molecular weight is 326 g/mol. The molecule has 4 nitrogen and oxygen atoms in total. The van der Waals surface area contributed by atoms with Gasteiger partial charge in [-0.25, -0.2) is 4.79 Å². The molecule has 0 heterocycles. The summed E-state index contributed by atoms with van der Waals surface area (Å²) in [6, 6.07) is 17.7. The van der Waals surface area contributed by atoms with Crippen molar-refractivity contribution in [2.45, 2.75) is 39.5 Å². The Bertz CT molecular complexity index is 646. The molecule has 0 spiro atoms. The fourth-order valence-electron chi connectivity index (χ4n) is 2.47. The maximum absolute atomic E-state index is 12.6. The van der Waals surface area contributed by atoms with Crippen LogP contribution in [0.1, 0.15) is 30.5 Å². The summed E-state index contributed by atoms with van der Waals surface area (Å²) in [6.07, 6.45) is 0. The lowest BCUT2D eigenvalue weighted by molar-refractivity contribution is 0.0446. The van der Waals surface area contributed by atoms with E-state index in [4.69, 9.17) is 0 Å². The van der Waals surface area contributed by atoms with Crippen LogP contribution in [0, 0.1) is 6.92 Å². The van der Waals surface area contributed by atoms with E-state index in [1.165, 1.54) is 5.56 Å². The monoisotopic (exact) mass is 326 g/mol. The molecule has 2 aromatic rings. The first-order valence-corrected chi connectivity index (χ1v) is 8.18. The van der Waals surface area contributed by atoms with Crippen molar-refractivity contribution in [3.63, 3.8) is 0 Å². The van der Waals surface area contributed by atoms with Crippen molar-refractivity contribution in [3.8, 4) is 0 Å². The first-order valence-electron chi connectivity index (χ1n) is 8.18. The Hall–Kier alpha value is -2.33. The topological polar surface area (TPSA) is 52.6 Å². The number of benzene rings is 2. The van der Waals surface area contributed by atoms with Gasteiger partial charge in [-0.1, -0.05) is 60.2 Å². The Morgan fingerprint density at radius 2 is 1.67 bits per heavy atom. The van der Waals surface area contributed by atoms with Crippen LogP contribution < -0.4 is 5.32 Å². The third-order valence-corrected chi connectivity index (χ3v) is 3.65. The van der Waals surface area contributed by atoms with Gasteiger partial charge in [0.2, 0.25) is 0 Å². The lowest BCUT2D eigenvalue weighted by atomic mass is 10.1. The second-order valence-electron chi connectivity index (χ2n) is 6.80. The van der Waals surface area contributed by atoms with Crippen LogP contribution in [0.3, 0.4) is 0 Å². The summed E-state index contributed by atoms with van der Waals surface area (Å²) in [6.45, 7) is 6.65. The van der Waals surface area contributed by atoms with Crippen molar-refractivity contribution in [3.05, 3.63) is 71.3 Å². The average Bonchev–Trinajstić information content (AvgIpc) is 2.53. The van der Waals surface area contributed by atoms with E-state index in [1.807, 2.05) is 61.5 Å². The standard InChI is InChI=1S/C20H26N2O2/c1-16-9-11-17(12-10-16)13-21-19(23)22(15-20(2,3)24)14-18-7-5-4-6-8-18/h4-12,24H,13-15H2,1-3H3,(H,21,23). The molecule has 128 valence electrons. The molecule has 24 heavy (non-hydrogen) atoms. The van der Waals surface area contributed by atoms with E-state index in [9.17, 15) is 9.90 Å². The van der Waals surface area contributed by atoms with Crippen molar-refractivity contribution in [2.75, 3.05) is 6.54 Å². The first kappa shape index (κ1) is 18.0. The number of urea groups is 1. The summed E-state index contributed by atoms with van der Waals surface area (Å²) in [4.78, 5) is 14.2. The van der Waals surface area contributed by atoms with Crippen LogP contribution in [0.4, 0.5) is 4.79 Å².